The van der Waals surface area contributed by atoms with Crippen molar-refractivity contribution in [3.63, 3.8) is 0 Å². The third-order valence-corrected chi connectivity index (χ3v) is 5.24. The molecule has 0 atom stereocenters. The van der Waals surface area contributed by atoms with E-state index in [4.69, 9.17) is 20.9 Å². The Labute approximate surface area is 205 Å². The summed E-state index contributed by atoms with van der Waals surface area (Å²) in [5.74, 6) is -0.397. The average Bonchev–Trinajstić information content (AvgIpc) is 3.60. The highest BCUT2D eigenvalue weighted by molar-refractivity contribution is 5.95. The summed E-state index contributed by atoms with van der Waals surface area (Å²) in [6.45, 7) is 4.15. The fraction of sp³-hybridized carbons (Fsp3) is 0.381. The molecule has 0 aliphatic carbocycles. The van der Waals surface area contributed by atoms with Crippen LogP contribution in [0.15, 0.2) is 27.9 Å². The number of hydrogen-bond donors (Lipinski definition) is 3. The number of carbonyl (C=O) groups excluding carboxylic acids is 2. The quantitative estimate of drug-likeness (QED) is 0.234. The molecule has 3 heterocycles. The summed E-state index contributed by atoms with van der Waals surface area (Å²) in [6.07, 6.45) is 3.59. The summed E-state index contributed by atoms with van der Waals surface area (Å²) in [6, 6.07) is 4.95. The molecular formula is C21H26N10O5. The van der Waals surface area contributed by atoms with Gasteiger partial charge in [-0.15, -0.1) is 5.10 Å². The Balaban J connectivity index is 1.53. The molecule has 1 aliphatic rings. The van der Waals surface area contributed by atoms with Crippen LogP contribution in [0.1, 0.15) is 41.5 Å². The molecule has 15 heteroatoms. The van der Waals surface area contributed by atoms with Gasteiger partial charge in [0.1, 0.15) is 5.69 Å². The van der Waals surface area contributed by atoms with Gasteiger partial charge in [0.2, 0.25) is 11.6 Å². The number of nitrogen functional groups attached to an aromatic ring is 1. The minimum Gasteiger partial charge on any atom is -0.490 e. The fourth-order valence-corrected chi connectivity index (χ4v) is 3.65. The van der Waals surface area contributed by atoms with Crippen molar-refractivity contribution in [3.05, 3.63) is 35.2 Å². The molecule has 0 radical (unpaired) electrons. The SMILES string of the molecule is CCOc1cc(/C=N\NC(=O)c2c(CN3CCCC3)nnn2-c2nonc2N)ccc1OCC(N)=O. The number of anilines is 1. The number of primary amides is 1. The van der Waals surface area contributed by atoms with Crippen LogP contribution in [0, 0.1) is 0 Å². The van der Waals surface area contributed by atoms with Gasteiger partial charge in [-0.2, -0.15) is 9.78 Å². The number of ether oxygens (including phenoxy) is 2. The van der Waals surface area contributed by atoms with E-state index in [0.29, 0.717) is 35.9 Å². The number of nitrogens with one attached hydrogen (secondary N) is 1. The third-order valence-electron chi connectivity index (χ3n) is 5.24. The molecule has 0 unspecified atom stereocenters. The van der Waals surface area contributed by atoms with Gasteiger partial charge in [0.05, 0.1) is 12.8 Å². The van der Waals surface area contributed by atoms with Crippen molar-refractivity contribution in [1.29, 1.82) is 0 Å². The molecule has 1 saturated heterocycles. The Morgan fingerprint density at radius 2 is 2.03 bits per heavy atom. The van der Waals surface area contributed by atoms with E-state index >= 15 is 0 Å². The van der Waals surface area contributed by atoms with Gasteiger partial charge in [-0.1, -0.05) is 5.21 Å². The van der Waals surface area contributed by atoms with Crippen molar-refractivity contribution in [3.8, 4) is 17.3 Å². The van der Waals surface area contributed by atoms with Crippen LogP contribution in [0.2, 0.25) is 0 Å². The van der Waals surface area contributed by atoms with E-state index in [1.165, 1.54) is 10.9 Å². The number of likely N-dealkylation sites (tertiary alicyclic amines) is 1. The first kappa shape index (κ1) is 24.6. The number of nitrogens with zero attached hydrogens (tertiary/aromatic N) is 7. The lowest BCUT2D eigenvalue weighted by Crippen LogP contribution is -2.26. The minimum atomic E-state index is -0.605. The predicted molar refractivity (Wildman–Crippen MR) is 125 cm³/mol. The Morgan fingerprint density at radius 3 is 2.72 bits per heavy atom. The third kappa shape index (κ3) is 5.75. The summed E-state index contributed by atoms with van der Waals surface area (Å²) in [5.41, 5.74) is 14.6. The number of aromatic nitrogens is 5. The maximum Gasteiger partial charge on any atom is 0.292 e. The van der Waals surface area contributed by atoms with Crippen LogP contribution >= 0.6 is 0 Å². The number of rotatable bonds is 11. The topological polar surface area (TPSA) is 202 Å². The van der Waals surface area contributed by atoms with Crippen molar-refractivity contribution in [2.45, 2.75) is 26.3 Å². The first-order valence-electron chi connectivity index (χ1n) is 11.2. The number of benzene rings is 1. The van der Waals surface area contributed by atoms with Gasteiger partial charge in [-0.25, -0.2) is 10.1 Å². The Morgan fingerprint density at radius 1 is 1.22 bits per heavy atom. The van der Waals surface area contributed by atoms with Crippen molar-refractivity contribution in [1.82, 2.24) is 35.6 Å². The zero-order valence-corrected chi connectivity index (χ0v) is 19.6. The van der Waals surface area contributed by atoms with E-state index in [9.17, 15) is 9.59 Å². The second-order valence-corrected chi connectivity index (χ2v) is 7.85. The molecule has 1 fully saturated rings. The largest absolute Gasteiger partial charge is 0.490 e. The molecule has 36 heavy (non-hydrogen) atoms. The summed E-state index contributed by atoms with van der Waals surface area (Å²) >= 11 is 0. The smallest absolute Gasteiger partial charge is 0.292 e. The van der Waals surface area contributed by atoms with Crippen LogP contribution in [0.3, 0.4) is 0 Å². The van der Waals surface area contributed by atoms with Crippen LogP contribution in [0.25, 0.3) is 5.82 Å². The highest BCUT2D eigenvalue weighted by atomic mass is 16.6. The van der Waals surface area contributed by atoms with E-state index < -0.39 is 11.8 Å². The normalized spacial score (nSPS) is 13.8. The molecular weight excluding hydrogens is 472 g/mol. The lowest BCUT2D eigenvalue weighted by Gasteiger charge is -2.13. The van der Waals surface area contributed by atoms with Gasteiger partial charge in [-0.3, -0.25) is 14.5 Å². The van der Waals surface area contributed by atoms with E-state index in [1.807, 2.05) is 6.92 Å². The Hall–Kier alpha value is -4.53. The van der Waals surface area contributed by atoms with Gasteiger partial charge in [-0.05, 0) is 66.9 Å². The monoisotopic (exact) mass is 498 g/mol. The Kier molecular flexibility index (Phi) is 7.69. The van der Waals surface area contributed by atoms with E-state index in [-0.39, 0.29) is 23.9 Å². The van der Waals surface area contributed by atoms with Crippen molar-refractivity contribution >= 4 is 23.8 Å². The molecule has 15 nitrogen and oxygen atoms in total. The molecule has 3 aromatic rings. The van der Waals surface area contributed by atoms with Gasteiger partial charge < -0.3 is 20.9 Å². The Bertz CT molecular complexity index is 1250. The minimum absolute atomic E-state index is 0.0349. The molecule has 2 amide bonds. The second kappa shape index (κ2) is 11.3. The zero-order valence-electron chi connectivity index (χ0n) is 19.6. The van der Waals surface area contributed by atoms with Gasteiger partial charge >= 0.3 is 0 Å². The standard InChI is InChI=1S/C21H26N10O5/c1-2-34-16-9-13(5-6-15(16)35-12-17(22)32)10-24-26-21(33)18-14(11-30-7-3-4-8-30)25-29-31(18)20-19(23)27-36-28-20/h5-6,9-10H,2-4,7-8,11-12H2,1H3,(H2,22,32)(H2,23,27)(H,26,33)/b24-10-. The lowest BCUT2D eigenvalue weighted by atomic mass is 10.2. The number of carbonyl (C=O) groups is 2. The van der Waals surface area contributed by atoms with Gasteiger partial charge in [0, 0.05) is 6.54 Å². The number of amides is 2. The molecule has 5 N–H and O–H groups in total. The van der Waals surface area contributed by atoms with E-state index in [2.05, 4.69) is 40.7 Å². The highest BCUT2D eigenvalue weighted by Gasteiger charge is 2.26. The number of hydrazone groups is 1. The van der Waals surface area contributed by atoms with Gasteiger partial charge in [0.15, 0.2) is 23.8 Å². The van der Waals surface area contributed by atoms with Gasteiger partial charge in [0.25, 0.3) is 11.8 Å². The molecule has 2 aromatic heterocycles. The molecule has 190 valence electrons. The van der Waals surface area contributed by atoms with Crippen molar-refractivity contribution in [2.75, 3.05) is 32.0 Å². The first-order chi connectivity index (χ1) is 17.5. The molecule has 4 rings (SSSR count). The molecule has 0 spiro atoms. The van der Waals surface area contributed by atoms with E-state index in [0.717, 1.165) is 25.9 Å². The van der Waals surface area contributed by atoms with Crippen LogP contribution in [0.5, 0.6) is 11.5 Å². The summed E-state index contributed by atoms with van der Waals surface area (Å²) in [7, 11) is 0. The van der Waals surface area contributed by atoms with Crippen LogP contribution in [0.4, 0.5) is 5.82 Å². The highest BCUT2D eigenvalue weighted by Crippen LogP contribution is 2.28. The summed E-state index contributed by atoms with van der Waals surface area (Å²) in [4.78, 5) is 26.3. The maximum atomic E-state index is 13.1. The summed E-state index contributed by atoms with van der Waals surface area (Å²) < 4.78 is 16.8. The van der Waals surface area contributed by atoms with Crippen LogP contribution < -0.4 is 26.4 Å². The van der Waals surface area contributed by atoms with Crippen LogP contribution in [-0.2, 0) is 11.3 Å². The maximum absolute atomic E-state index is 13.1. The van der Waals surface area contributed by atoms with Crippen molar-refractivity contribution in [2.24, 2.45) is 10.8 Å². The molecule has 1 aromatic carbocycles. The zero-order chi connectivity index (χ0) is 25.5. The first-order valence-corrected chi connectivity index (χ1v) is 11.2. The number of hydrogen-bond acceptors (Lipinski definition) is 12. The second-order valence-electron chi connectivity index (χ2n) is 7.85. The van der Waals surface area contributed by atoms with Crippen LogP contribution in [-0.4, -0.2) is 74.5 Å². The predicted octanol–water partition coefficient (Wildman–Crippen LogP) is -0.145. The fourth-order valence-electron chi connectivity index (χ4n) is 3.65. The molecule has 0 bridgehead atoms. The summed E-state index contributed by atoms with van der Waals surface area (Å²) in [5, 5.41) is 19.5. The lowest BCUT2D eigenvalue weighted by molar-refractivity contribution is -0.119. The van der Waals surface area contributed by atoms with E-state index in [1.54, 1.807) is 18.2 Å². The molecule has 1 aliphatic heterocycles. The average molecular weight is 499 g/mol. The van der Waals surface area contributed by atoms with Crippen molar-refractivity contribution < 1.29 is 23.7 Å². The molecule has 0 saturated carbocycles. The number of nitrogens with two attached hydrogens (primary N) is 2.